The Hall–Kier alpha value is -1.67. The van der Waals surface area contributed by atoms with Crippen LogP contribution < -0.4 is 16.0 Å². The normalized spacial score (nSPS) is 12.1. The summed E-state index contributed by atoms with van der Waals surface area (Å²) in [6, 6.07) is -0.143. The van der Waals surface area contributed by atoms with Gasteiger partial charge in [-0.05, 0) is 13.3 Å². The van der Waals surface area contributed by atoms with E-state index in [1.165, 1.54) is 22.7 Å². The zero-order valence-electron chi connectivity index (χ0n) is 12.3. The van der Waals surface area contributed by atoms with Gasteiger partial charge in [-0.1, -0.05) is 18.3 Å². The molecular weight excluding hydrogens is 306 g/mol. The van der Waals surface area contributed by atoms with Gasteiger partial charge >= 0.3 is 0 Å². The molecule has 8 heteroatoms. The molecule has 1 unspecified atom stereocenters. The first kappa shape index (κ1) is 15.7. The lowest BCUT2D eigenvalue weighted by Gasteiger charge is -2.13. The Labute approximate surface area is 132 Å². The van der Waals surface area contributed by atoms with Crippen LogP contribution >= 0.6 is 22.7 Å². The first-order valence-corrected chi connectivity index (χ1v) is 8.40. The number of anilines is 2. The summed E-state index contributed by atoms with van der Waals surface area (Å²) in [5.74, 6) is 0.0747. The highest BCUT2D eigenvalue weighted by molar-refractivity contribution is 7.18. The van der Waals surface area contributed by atoms with Crippen LogP contribution in [0.15, 0.2) is 11.6 Å². The molecule has 3 N–H and O–H groups in total. The molecule has 2 rings (SSSR count). The lowest BCUT2D eigenvalue weighted by atomic mass is 10.3. The van der Waals surface area contributed by atoms with Gasteiger partial charge in [-0.2, -0.15) is 0 Å². The average Bonchev–Trinajstić information content (AvgIpc) is 3.07. The Morgan fingerprint density at radius 3 is 2.95 bits per heavy atom. The lowest BCUT2D eigenvalue weighted by Crippen LogP contribution is -2.26. The fourth-order valence-electron chi connectivity index (χ4n) is 1.85. The first-order valence-electron chi connectivity index (χ1n) is 6.70. The number of hydrogen-bond donors (Lipinski definition) is 2. The largest absolute Gasteiger partial charge is 0.382 e. The van der Waals surface area contributed by atoms with E-state index < -0.39 is 0 Å². The van der Waals surface area contributed by atoms with Crippen LogP contribution in [0.25, 0.3) is 0 Å². The third kappa shape index (κ3) is 3.70. The van der Waals surface area contributed by atoms with Crippen LogP contribution in [0.2, 0.25) is 0 Å². The number of aromatic nitrogens is 2. The minimum absolute atomic E-state index is 0.143. The highest BCUT2D eigenvalue weighted by atomic mass is 32.1. The maximum Gasteiger partial charge on any atom is 0.265 e. The summed E-state index contributed by atoms with van der Waals surface area (Å²) < 4.78 is 0. The van der Waals surface area contributed by atoms with E-state index in [-0.39, 0.29) is 17.8 Å². The number of nitrogen functional groups attached to an aromatic ring is 1. The summed E-state index contributed by atoms with van der Waals surface area (Å²) in [6.07, 6.45) is 2.74. The molecule has 1 amide bonds. The van der Waals surface area contributed by atoms with Gasteiger partial charge in [0.2, 0.25) is 0 Å². The second-order valence-corrected chi connectivity index (χ2v) is 6.60. The molecule has 0 spiro atoms. The van der Waals surface area contributed by atoms with E-state index in [9.17, 15) is 4.79 Å². The van der Waals surface area contributed by atoms with Crippen LogP contribution in [-0.4, -0.2) is 29.5 Å². The molecule has 2 heterocycles. The highest BCUT2D eigenvalue weighted by Crippen LogP contribution is 2.28. The SMILES string of the molecule is CCCN(C)c1nc(N)c(C(=O)NC(C)c2nccs2)s1. The number of nitrogens with one attached hydrogen (secondary N) is 1. The van der Waals surface area contributed by atoms with E-state index in [2.05, 4.69) is 22.2 Å². The number of nitrogens with two attached hydrogens (primary N) is 1. The second-order valence-electron chi connectivity index (χ2n) is 4.70. The molecule has 2 aromatic rings. The maximum atomic E-state index is 12.3. The van der Waals surface area contributed by atoms with Crippen LogP contribution in [-0.2, 0) is 0 Å². The number of amides is 1. The molecule has 0 saturated carbocycles. The van der Waals surface area contributed by atoms with Crippen molar-refractivity contribution in [3.05, 3.63) is 21.5 Å². The second kappa shape index (κ2) is 6.86. The Morgan fingerprint density at radius 2 is 2.33 bits per heavy atom. The minimum atomic E-state index is -0.205. The highest BCUT2D eigenvalue weighted by Gasteiger charge is 2.20. The molecule has 0 aliphatic heterocycles. The molecule has 0 fully saturated rings. The van der Waals surface area contributed by atoms with Crippen molar-refractivity contribution in [3.63, 3.8) is 0 Å². The number of rotatable bonds is 6. The molecule has 0 aliphatic rings. The van der Waals surface area contributed by atoms with Gasteiger partial charge < -0.3 is 16.0 Å². The molecule has 21 heavy (non-hydrogen) atoms. The zero-order valence-corrected chi connectivity index (χ0v) is 13.9. The fourth-order valence-corrected chi connectivity index (χ4v) is 3.37. The molecular formula is C13H19N5OS2. The van der Waals surface area contributed by atoms with Gasteiger partial charge in [0, 0.05) is 25.2 Å². The molecule has 6 nitrogen and oxygen atoms in total. The summed E-state index contributed by atoms with van der Waals surface area (Å²) in [5.41, 5.74) is 5.87. The summed E-state index contributed by atoms with van der Waals surface area (Å²) in [5, 5.41) is 6.43. The van der Waals surface area contributed by atoms with Crippen molar-refractivity contribution in [2.75, 3.05) is 24.2 Å². The van der Waals surface area contributed by atoms with Crippen LogP contribution in [0.1, 0.15) is 41.0 Å². The minimum Gasteiger partial charge on any atom is -0.382 e. The van der Waals surface area contributed by atoms with Crippen molar-refractivity contribution in [1.29, 1.82) is 0 Å². The first-order chi connectivity index (χ1) is 10.0. The van der Waals surface area contributed by atoms with E-state index in [4.69, 9.17) is 5.73 Å². The predicted molar refractivity (Wildman–Crippen MR) is 88.1 cm³/mol. The fraction of sp³-hybridized carbons (Fsp3) is 0.462. The van der Waals surface area contributed by atoms with Gasteiger partial charge in [-0.3, -0.25) is 4.79 Å². The molecule has 0 saturated heterocycles. The van der Waals surface area contributed by atoms with Crippen molar-refractivity contribution in [2.24, 2.45) is 0 Å². The van der Waals surface area contributed by atoms with Crippen molar-refractivity contribution in [3.8, 4) is 0 Å². The van der Waals surface area contributed by atoms with Gasteiger partial charge in [0.15, 0.2) is 5.13 Å². The quantitative estimate of drug-likeness (QED) is 0.852. The van der Waals surface area contributed by atoms with Gasteiger partial charge in [-0.15, -0.1) is 11.3 Å². The number of hydrogen-bond acceptors (Lipinski definition) is 7. The summed E-state index contributed by atoms with van der Waals surface area (Å²) in [6.45, 7) is 4.87. The van der Waals surface area contributed by atoms with E-state index in [0.29, 0.717) is 4.88 Å². The summed E-state index contributed by atoms with van der Waals surface area (Å²) in [4.78, 5) is 23.2. The molecule has 0 aromatic carbocycles. The third-order valence-electron chi connectivity index (χ3n) is 2.90. The number of thiazole rings is 2. The topological polar surface area (TPSA) is 84.1 Å². The monoisotopic (exact) mass is 325 g/mol. The Morgan fingerprint density at radius 1 is 1.57 bits per heavy atom. The van der Waals surface area contributed by atoms with Crippen molar-refractivity contribution in [2.45, 2.75) is 26.3 Å². The van der Waals surface area contributed by atoms with E-state index in [0.717, 1.165) is 23.1 Å². The van der Waals surface area contributed by atoms with E-state index >= 15 is 0 Å². The van der Waals surface area contributed by atoms with E-state index in [1.807, 2.05) is 24.3 Å². The zero-order chi connectivity index (χ0) is 15.4. The molecule has 114 valence electrons. The third-order valence-corrected chi connectivity index (χ3v) is 5.05. The van der Waals surface area contributed by atoms with Gasteiger partial charge in [0.1, 0.15) is 15.7 Å². The maximum absolute atomic E-state index is 12.3. The Balaban J connectivity index is 2.09. The van der Waals surface area contributed by atoms with Crippen molar-refractivity contribution < 1.29 is 4.79 Å². The van der Waals surface area contributed by atoms with Crippen molar-refractivity contribution in [1.82, 2.24) is 15.3 Å². The number of nitrogens with zero attached hydrogens (tertiary/aromatic N) is 3. The van der Waals surface area contributed by atoms with Gasteiger partial charge in [-0.25, -0.2) is 9.97 Å². The van der Waals surface area contributed by atoms with Crippen LogP contribution in [0, 0.1) is 0 Å². The molecule has 2 aromatic heterocycles. The molecule has 0 aliphatic carbocycles. The van der Waals surface area contributed by atoms with Crippen molar-refractivity contribution >= 4 is 39.5 Å². The van der Waals surface area contributed by atoms with Gasteiger partial charge in [0.05, 0.1) is 6.04 Å². The smallest absolute Gasteiger partial charge is 0.265 e. The summed E-state index contributed by atoms with van der Waals surface area (Å²) >= 11 is 2.83. The van der Waals surface area contributed by atoms with E-state index in [1.54, 1.807) is 6.20 Å². The molecule has 0 radical (unpaired) electrons. The Bertz CT molecular complexity index is 596. The van der Waals surface area contributed by atoms with Crippen LogP contribution in [0.4, 0.5) is 10.9 Å². The van der Waals surface area contributed by atoms with Crippen LogP contribution in [0.5, 0.6) is 0 Å². The predicted octanol–water partition coefficient (Wildman–Crippen LogP) is 2.52. The molecule has 0 bridgehead atoms. The standard InChI is InChI=1S/C13H19N5OS2/c1-4-6-18(3)13-17-10(14)9(21-13)11(19)16-8(2)12-15-5-7-20-12/h5,7-8H,4,6,14H2,1-3H3,(H,16,19). The van der Waals surface area contributed by atoms with Crippen LogP contribution in [0.3, 0.4) is 0 Å². The lowest BCUT2D eigenvalue weighted by molar-refractivity contribution is 0.0944. The number of carbonyl (C=O) groups is 1. The summed E-state index contributed by atoms with van der Waals surface area (Å²) in [7, 11) is 1.95. The number of carbonyl (C=O) groups excluding carboxylic acids is 1. The average molecular weight is 325 g/mol. The Kier molecular flexibility index (Phi) is 5.13. The molecule has 1 atom stereocenters. The van der Waals surface area contributed by atoms with Gasteiger partial charge in [0.25, 0.3) is 5.91 Å².